The van der Waals surface area contributed by atoms with E-state index >= 15 is 0 Å². The molecule has 3 aliphatic rings. The number of carbonyl (C=O) groups excluding carboxylic acids is 1. The van der Waals surface area contributed by atoms with E-state index in [1.807, 2.05) is 0 Å². The molecule has 1 amide bonds. The topological polar surface area (TPSA) is 104 Å². The van der Waals surface area contributed by atoms with E-state index in [1.54, 1.807) is 0 Å². The maximum Gasteiger partial charge on any atom is 0.326 e. The first-order valence-electron chi connectivity index (χ1n) is 7.71. The van der Waals surface area contributed by atoms with E-state index in [2.05, 4.69) is 5.32 Å². The van der Waals surface area contributed by atoms with Crippen LogP contribution in [0.3, 0.4) is 0 Å². The van der Waals surface area contributed by atoms with Crippen molar-refractivity contribution in [3.8, 4) is 0 Å². The highest BCUT2D eigenvalue weighted by atomic mass is 16.4. The van der Waals surface area contributed by atoms with Gasteiger partial charge in [-0.05, 0) is 56.3 Å². The van der Waals surface area contributed by atoms with E-state index in [0.717, 1.165) is 30.6 Å². The van der Waals surface area contributed by atoms with Crippen LogP contribution in [0.5, 0.6) is 0 Å². The Morgan fingerprint density at radius 2 is 1.76 bits per heavy atom. The minimum Gasteiger partial charge on any atom is -0.481 e. The molecule has 0 heterocycles. The van der Waals surface area contributed by atoms with Crippen LogP contribution in [0.1, 0.15) is 51.4 Å². The Labute approximate surface area is 123 Å². The molecule has 0 radical (unpaired) electrons. The third-order valence-electron chi connectivity index (χ3n) is 4.95. The van der Waals surface area contributed by atoms with Crippen LogP contribution in [0.15, 0.2) is 0 Å². The van der Waals surface area contributed by atoms with Gasteiger partial charge in [-0.3, -0.25) is 9.59 Å². The molecule has 3 N–H and O–H groups in total. The molecule has 2 bridgehead atoms. The second-order valence-corrected chi connectivity index (χ2v) is 6.28. The van der Waals surface area contributed by atoms with E-state index < -0.39 is 18.0 Å². The Balaban J connectivity index is 1.64. The highest BCUT2D eigenvalue weighted by Crippen LogP contribution is 2.55. The smallest absolute Gasteiger partial charge is 0.326 e. The third kappa shape index (κ3) is 4.19. The van der Waals surface area contributed by atoms with Crippen LogP contribution in [-0.4, -0.2) is 34.1 Å². The summed E-state index contributed by atoms with van der Waals surface area (Å²) in [7, 11) is 0. The van der Waals surface area contributed by atoms with Gasteiger partial charge in [-0.2, -0.15) is 0 Å². The number of hydrogen-bond acceptors (Lipinski definition) is 3. The molecule has 118 valence electrons. The van der Waals surface area contributed by atoms with Crippen molar-refractivity contribution in [2.24, 2.45) is 17.8 Å². The lowest BCUT2D eigenvalue weighted by Gasteiger charge is -2.35. The average molecular weight is 297 g/mol. The summed E-state index contributed by atoms with van der Waals surface area (Å²) in [5, 5.41) is 19.9. The lowest BCUT2D eigenvalue weighted by Crippen LogP contribution is -2.41. The van der Waals surface area contributed by atoms with Crippen LogP contribution >= 0.6 is 0 Å². The molecule has 3 rings (SSSR count). The maximum absolute atomic E-state index is 11.7. The summed E-state index contributed by atoms with van der Waals surface area (Å²) >= 11 is 0. The number of carboxylic acids is 2. The van der Waals surface area contributed by atoms with Crippen molar-refractivity contribution in [3.05, 3.63) is 0 Å². The van der Waals surface area contributed by atoms with Gasteiger partial charge in [-0.15, -0.1) is 0 Å². The zero-order chi connectivity index (χ0) is 15.4. The molecule has 0 aromatic rings. The maximum atomic E-state index is 11.7. The second kappa shape index (κ2) is 6.91. The molecule has 21 heavy (non-hydrogen) atoms. The van der Waals surface area contributed by atoms with Crippen molar-refractivity contribution in [2.75, 3.05) is 0 Å². The Morgan fingerprint density at radius 3 is 2.29 bits per heavy atom. The van der Waals surface area contributed by atoms with Crippen molar-refractivity contribution >= 4 is 17.8 Å². The average Bonchev–Trinajstić information content (AvgIpc) is 3.02. The number of nitrogens with one attached hydrogen (secondary N) is 1. The number of hydrogen-bond donors (Lipinski definition) is 3. The summed E-state index contributed by atoms with van der Waals surface area (Å²) < 4.78 is 0. The minimum absolute atomic E-state index is 0.0802. The van der Waals surface area contributed by atoms with E-state index in [9.17, 15) is 14.4 Å². The molecule has 3 fully saturated rings. The first kappa shape index (κ1) is 15.8. The normalized spacial score (nSPS) is 27.7. The summed E-state index contributed by atoms with van der Waals surface area (Å²) in [6.45, 7) is 0. The fraction of sp³-hybridized carbons (Fsp3) is 0.800. The fourth-order valence-electron chi connectivity index (χ4n) is 3.78. The zero-order valence-electron chi connectivity index (χ0n) is 12.1. The molecule has 3 aliphatic carbocycles. The molecule has 0 aromatic heterocycles. The van der Waals surface area contributed by atoms with Crippen LogP contribution in [-0.2, 0) is 14.4 Å². The van der Waals surface area contributed by atoms with Gasteiger partial charge in [0.05, 0.1) is 0 Å². The Morgan fingerprint density at radius 1 is 1.10 bits per heavy atom. The van der Waals surface area contributed by atoms with Crippen LogP contribution in [0.4, 0.5) is 0 Å². The van der Waals surface area contributed by atoms with Gasteiger partial charge in [0.1, 0.15) is 6.04 Å². The lowest BCUT2D eigenvalue weighted by molar-refractivity contribution is -0.143. The molecule has 0 saturated heterocycles. The van der Waals surface area contributed by atoms with Crippen molar-refractivity contribution in [1.29, 1.82) is 0 Å². The second-order valence-electron chi connectivity index (χ2n) is 6.28. The largest absolute Gasteiger partial charge is 0.481 e. The molecule has 3 unspecified atom stereocenters. The Bertz CT molecular complexity index is 408. The van der Waals surface area contributed by atoms with Gasteiger partial charge in [-0.25, -0.2) is 4.79 Å². The molecular formula is C15H23NO5. The van der Waals surface area contributed by atoms with Gasteiger partial charge in [0.2, 0.25) is 5.91 Å². The molecule has 0 aromatic carbocycles. The zero-order valence-corrected chi connectivity index (χ0v) is 12.1. The molecule has 3 atom stereocenters. The summed E-state index contributed by atoms with van der Waals surface area (Å²) in [5.74, 6) is -0.0297. The molecule has 6 nitrogen and oxygen atoms in total. The van der Waals surface area contributed by atoms with E-state index in [0.29, 0.717) is 6.42 Å². The van der Waals surface area contributed by atoms with Crippen molar-refractivity contribution in [3.63, 3.8) is 0 Å². The van der Waals surface area contributed by atoms with Gasteiger partial charge < -0.3 is 15.5 Å². The van der Waals surface area contributed by atoms with Gasteiger partial charge in [0.25, 0.3) is 0 Å². The van der Waals surface area contributed by atoms with Crippen LogP contribution < -0.4 is 5.32 Å². The van der Waals surface area contributed by atoms with Crippen LogP contribution in [0.25, 0.3) is 0 Å². The molecule has 6 heteroatoms. The van der Waals surface area contributed by atoms with Gasteiger partial charge in [-0.1, -0.05) is 0 Å². The van der Waals surface area contributed by atoms with Gasteiger partial charge in [0, 0.05) is 12.8 Å². The number of rotatable bonds is 9. The Hall–Kier alpha value is -1.59. The predicted octanol–water partition coefficient (Wildman–Crippen LogP) is 1.64. The highest BCUT2D eigenvalue weighted by Gasteiger charge is 2.45. The van der Waals surface area contributed by atoms with Crippen LogP contribution in [0.2, 0.25) is 0 Å². The quantitative estimate of drug-likeness (QED) is 0.600. The third-order valence-corrected chi connectivity index (χ3v) is 4.95. The SMILES string of the molecule is O=C(O)CCC(NC(=O)CCCC1C2CCC1C2)C(=O)O. The number of aliphatic carboxylic acids is 2. The summed E-state index contributed by atoms with van der Waals surface area (Å²) in [4.78, 5) is 33.2. The monoisotopic (exact) mass is 297 g/mol. The lowest BCUT2D eigenvalue weighted by atomic mass is 9.70. The molecule has 0 spiro atoms. The van der Waals surface area contributed by atoms with E-state index in [-0.39, 0.29) is 18.7 Å². The number of amides is 1. The number of carbonyl (C=O) groups is 3. The molecule has 0 aliphatic heterocycles. The van der Waals surface area contributed by atoms with Gasteiger partial charge in [0.15, 0.2) is 0 Å². The van der Waals surface area contributed by atoms with E-state index in [1.165, 1.54) is 19.3 Å². The number of carboxylic acid groups (broad SMARTS) is 2. The summed E-state index contributed by atoms with van der Waals surface area (Å²) in [5.41, 5.74) is 0. The Kier molecular flexibility index (Phi) is 5.20. The predicted molar refractivity (Wildman–Crippen MR) is 74.6 cm³/mol. The highest BCUT2D eigenvalue weighted by molar-refractivity contribution is 5.83. The summed E-state index contributed by atoms with van der Waals surface area (Å²) in [6, 6.07) is -1.10. The first-order chi connectivity index (χ1) is 9.97. The summed E-state index contributed by atoms with van der Waals surface area (Å²) in [6.07, 6.45) is 5.84. The minimum atomic E-state index is -1.18. The van der Waals surface area contributed by atoms with Gasteiger partial charge >= 0.3 is 11.9 Å². The fourth-order valence-corrected chi connectivity index (χ4v) is 3.78. The first-order valence-corrected chi connectivity index (χ1v) is 7.71. The van der Waals surface area contributed by atoms with Crippen molar-refractivity contribution in [1.82, 2.24) is 5.32 Å². The standard InChI is InChI=1S/C15H23NO5/c17-13(16-12(15(20)21)6-7-14(18)19)3-1-2-11-9-4-5-10(11)8-9/h9-12H,1-8H2,(H,16,17)(H,18,19)(H,20,21). The van der Waals surface area contributed by atoms with E-state index in [4.69, 9.17) is 10.2 Å². The van der Waals surface area contributed by atoms with Crippen LogP contribution in [0, 0.1) is 17.8 Å². The van der Waals surface area contributed by atoms with Crippen molar-refractivity contribution in [2.45, 2.75) is 57.4 Å². The number of fused-ring (bicyclic) bond motifs is 1. The molecule has 3 saturated carbocycles. The molecular weight excluding hydrogens is 274 g/mol. The van der Waals surface area contributed by atoms with Crippen molar-refractivity contribution < 1.29 is 24.6 Å².